The Hall–Kier alpha value is -0.970. The molecule has 0 saturated heterocycles. The van der Waals surface area contributed by atoms with Crippen molar-refractivity contribution in [3.63, 3.8) is 0 Å². The molecule has 0 bridgehead atoms. The van der Waals surface area contributed by atoms with Gasteiger partial charge in [0.2, 0.25) is 0 Å². The van der Waals surface area contributed by atoms with Crippen LogP contribution in [0.3, 0.4) is 0 Å². The first-order valence-electron chi connectivity index (χ1n) is 4.71. The third-order valence-electron chi connectivity index (χ3n) is 2.07. The van der Waals surface area contributed by atoms with E-state index in [2.05, 4.69) is 20.9 Å². The molecular weight excluding hydrogens is 263 g/mol. The first kappa shape index (κ1) is 12.1. The van der Waals surface area contributed by atoms with E-state index in [4.69, 9.17) is 0 Å². The van der Waals surface area contributed by atoms with E-state index < -0.39 is 5.82 Å². The van der Waals surface area contributed by atoms with Crippen molar-refractivity contribution in [2.45, 2.75) is 13.8 Å². The number of aromatic nitrogens is 1. The van der Waals surface area contributed by atoms with Crippen molar-refractivity contribution in [3.05, 3.63) is 28.2 Å². The summed E-state index contributed by atoms with van der Waals surface area (Å²) in [6.07, 6.45) is 0. The van der Waals surface area contributed by atoms with Crippen LogP contribution < -0.4 is 0 Å². The molecule has 0 radical (unpaired) electrons. The third kappa shape index (κ3) is 2.75. The van der Waals surface area contributed by atoms with Gasteiger partial charge >= 0.3 is 0 Å². The van der Waals surface area contributed by atoms with Crippen LogP contribution in [0.1, 0.15) is 24.3 Å². The average molecular weight is 275 g/mol. The van der Waals surface area contributed by atoms with Crippen LogP contribution in [-0.4, -0.2) is 28.9 Å². The molecule has 5 heteroatoms. The summed E-state index contributed by atoms with van der Waals surface area (Å²) in [6, 6.07) is 2.70. The Labute approximate surface area is 96.4 Å². The highest BCUT2D eigenvalue weighted by atomic mass is 79.9. The Morgan fingerprint density at radius 2 is 2.07 bits per heavy atom. The van der Waals surface area contributed by atoms with E-state index in [0.717, 1.165) is 0 Å². The van der Waals surface area contributed by atoms with E-state index in [0.29, 0.717) is 17.7 Å². The van der Waals surface area contributed by atoms with Gasteiger partial charge < -0.3 is 4.90 Å². The number of amides is 1. The van der Waals surface area contributed by atoms with Gasteiger partial charge in [0, 0.05) is 13.1 Å². The quantitative estimate of drug-likeness (QED) is 0.794. The predicted molar refractivity (Wildman–Crippen MR) is 59.1 cm³/mol. The van der Waals surface area contributed by atoms with Crippen LogP contribution in [0.15, 0.2) is 16.7 Å². The number of hydrogen-bond donors (Lipinski definition) is 0. The number of halogens is 2. The maximum atomic E-state index is 13.3. The molecule has 0 atom stereocenters. The lowest BCUT2D eigenvalue weighted by atomic mass is 10.3. The molecule has 0 aliphatic carbocycles. The zero-order chi connectivity index (χ0) is 11.4. The molecule has 82 valence electrons. The van der Waals surface area contributed by atoms with Gasteiger partial charge in [-0.1, -0.05) is 0 Å². The van der Waals surface area contributed by atoms with Crippen molar-refractivity contribution in [1.82, 2.24) is 9.88 Å². The van der Waals surface area contributed by atoms with Gasteiger partial charge in [0.25, 0.3) is 5.91 Å². The summed E-state index contributed by atoms with van der Waals surface area (Å²) in [5.74, 6) is -0.964. The molecule has 0 fully saturated rings. The van der Waals surface area contributed by atoms with E-state index in [1.54, 1.807) is 0 Å². The number of pyridine rings is 1. The lowest BCUT2D eigenvalue weighted by molar-refractivity contribution is 0.0761. The molecule has 0 aliphatic rings. The number of nitrogens with zero attached hydrogens (tertiary/aromatic N) is 2. The average Bonchev–Trinajstić information content (AvgIpc) is 2.23. The molecule has 1 aromatic heterocycles. The van der Waals surface area contributed by atoms with E-state index in [-0.39, 0.29) is 11.6 Å². The largest absolute Gasteiger partial charge is 0.338 e. The molecule has 0 saturated carbocycles. The number of rotatable bonds is 3. The molecule has 1 amide bonds. The molecule has 0 N–H and O–H groups in total. The summed E-state index contributed by atoms with van der Waals surface area (Å²) in [6.45, 7) is 4.78. The Balaban J connectivity index is 3.04. The molecule has 0 aromatic carbocycles. The first-order valence-corrected chi connectivity index (χ1v) is 5.50. The molecule has 1 aromatic rings. The monoisotopic (exact) mass is 274 g/mol. The van der Waals surface area contributed by atoms with Crippen molar-refractivity contribution in [2.24, 2.45) is 0 Å². The minimum Gasteiger partial charge on any atom is -0.338 e. The van der Waals surface area contributed by atoms with Crippen molar-refractivity contribution in [2.75, 3.05) is 13.1 Å². The zero-order valence-corrected chi connectivity index (χ0v) is 10.2. The molecule has 1 heterocycles. The second kappa shape index (κ2) is 5.21. The lowest BCUT2D eigenvalue weighted by Crippen LogP contribution is -2.31. The summed E-state index contributed by atoms with van der Waals surface area (Å²) in [5, 5.41) is 0. The van der Waals surface area contributed by atoms with Crippen molar-refractivity contribution in [1.29, 1.82) is 0 Å². The molecule has 15 heavy (non-hydrogen) atoms. The summed E-state index contributed by atoms with van der Waals surface area (Å²) in [7, 11) is 0. The maximum absolute atomic E-state index is 13.3. The second-order valence-electron chi connectivity index (χ2n) is 2.94. The van der Waals surface area contributed by atoms with E-state index in [1.807, 2.05) is 13.8 Å². The van der Waals surface area contributed by atoms with Gasteiger partial charge in [-0.25, -0.2) is 9.37 Å². The summed E-state index contributed by atoms with van der Waals surface area (Å²) >= 11 is 3.11. The third-order valence-corrected chi connectivity index (χ3v) is 2.51. The highest BCUT2D eigenvalue weighted by molar-refractivity contribution is 9.10. The summed E-state index contributed by atoms with van der Waals surface area (Å²) in [5.41, 5.74) is -0.131. The van der Waals surface area contributed by atoms with Gasteiger partial charge in [-0.2, -0.15) is 0 Å². The molecule has 0 aliphatic heterocycles. The molecule has 0 unspecified atom stereocenters. The van der Waals surface area contributed by atoms with Crippen LogP contribution >= 0.6 is 15.9 Å². The van der Waals surface area contributed by atoms with Crippen LogP contribution in [0, 0.1) is 5.82 Å². The summed E-state index contributed by atoms with van der Waals surface area (Å²) < 4.78 is 13.8. The fourth-order valence-corrected chi connectivity index (χ4v) is 1.54. The molecule has 0 spiro atoms. The van der Waals surface area contributed by atoms with Gasteiger partial charge in [0.15, 0.2) is 11.5 Å². The fourth-order valence-electron chi connectivity index (χ4n) is 1.23. The predicted octanol–water partition coefficient (Wildman–Crippen LogP) is 2.47. The fraction of sp³-hybridized carbons (Fsp3) is 0.400. The summed E-state index contributed by atoms with van der Waals surface area (Å²) in [4.78, 5) is 17.1. The van der Waals surface area contributed by atoms with Crippen molar-refractivity contribution >= 4 is 21.8 Å². The molecule has 3 nitrogen and oxygen atoms in total. The zero-order valence-electron chi connectivity index (χ0n) is 8.63. The number of carbonyl (C=O) groups is 1. The highest BCUT2D eigenvalue weighted by Gasteiger charge is 2.18. The highest BCUT2D eigenvalue weighted by Crippen LogP contribution is 2.12. The van der Waals surface area contributed by atoms with Gasteiger partial charge in [-0.15, -0.1) is 0 Å². The van der Waals surface area contributed by atoms with Crippen LogP contribution in [0.5, 0.6) is 0 Å². The van der Waals surface area contributed by atoms with Crippen LogP contribution in [0.25, 0.3) is 0 Å². The number of hydrogen-bond acceptors (Lipinski definition) is 2. The minimum atomic E-state index is -0.588. The van der Waals surface area contributed by atoms with E-state index >= 15 is 0 Å². The first-order chi connectivity index (χ1) is 7.10. The maximum Gasteiger partial charge on any atom is 0.275 e. The van der Waals surface area contributed by atoms with Crippen LogP contribution in [0.4, 0.5) is 4.39 Å². The van der Waals surface area contributed by atoms with Crippen molar-refractivity contribution < 1.29 is 9.18 Å². The standard InChI is InChI=1S/C10H12BrFN2O/c1-3-14(4-2)10(15)9-7(12)5-6-8(11)13-9/h5-6H,3-4H2,1-2H3. The smallest absolute Gasteiger partial charge is 0.275 e. The topological polar surface area (TPSA) is 33.2 Å². The van der Waals surface area contributed by atoms with Gasteiger partial charge in [0.1, 0.15) is 4.60 Å². The van der Waals surface area contributed by atoms with Crippen molar-refractivity contribution in [3.8, 4) is 0 Å². The van der Waals surface area contributed by atoms with E-state index in [9.17, 15) is 9.18 Å². The van der Waals surface area contributed by atoms with Gasteiger partial charge in [-0.05, 0) is 41.9 Å². The van der Waals surface area contributed by atoms with Gasteiger partial charge in [-0.3, -0.25) is 4.79 Å². The van der Waals surface area contributed by atoms with Crippen LogP contribution in [0.2, 0.25) is 0 Å². The number of carbonyl (C=O) groups excluding carboxylic acids is 1. The van der Waals surface area contributed by atoms with Gasteiger partial charge in [0.05, 0.1) is 0 Å². The molecular formula is C10H12BrFN2O. The van der Waals surface area contributed by atoms with E-state index in [1.165, 1.54) is 17.0 Å². The Morgan fingerprint density at radius 3 is 2.60 bits per heavy atom. The lowest BCUT2D eigenvalue weighted by Gasteiger charge is -2.18. The SMILES string of the molecule is CCN(CC)C(=O)c1nc(Br)ccc1F. The molecule has 1 rings (SSSR count). The Bertz CT molecular complexity index is 366. The normalized spacial score (nSPS) is 10.1. The second-order valence-corrected chi connectivity index (χ2v) is 3.75. The van der Waals surface area contributed by atoms with Crippen LogP contribution in [-0.2, 0) is 0 Å². The Kier molecular flexibility index (Phi) is 4.20. The Morgan fingerprint density at radius 1 is 1.47 bits per heavy atom. The minimum absolute atomic E-state index is 0.131.